The highest BCUT2D eigenvalue weighted by Crippen LogP contribution is 2.27. The number of fused-ring (bicyclic) bond motifs is 3. The topological polar surface area (TPSA) is 83.6 Å². The number of imidazole rings is 1. The molecule has 6 rings (SSSR count). The van der Waals surface area contributed by atoms with Gasteiger partial charge in [-0.1, -0.05) is 23.7 Å². The number of likely N-dealkylation sites (N-methyl/N-ethyl adjacent to an activating group) is 1. The molecule has 0 bridgehead atoms. The second kappa shape index (κ2) is 9.17. The standard InChI is InChI=1S/C27H27ClN8O/c1-17-5-4-6-21(28)24(17)36-26(37)20-16-30-27(32-23(20)25-29-9-10-35(25)36)31-19-7-8-22(18(2)15-19)34-13-11-33(3)12-14-34/h4-10,15-16H,11-14H2,1-3H3,(H,30,31,32). The largest absolute Gasteiger partial charge is 0.369 e. The van der Waals surface area contributed by atoms with Crippen LogP contribution in [0, 0.1) is 13.8 Å². The SMILES string of the molecule is Cc1cc(Nc2ncc3c(=O)n(-c4c(C)cccc4Cl)n4ccnc4c3n2)ccc1N1CCN(C)CC1. The molecular formula is C27H27ClN8O. The van der Waals surface area contributed by atoms with Crippen LogP contribution in [-0.4, -0.2) is 62.3 Å². The van der Waals surface area contributed by atoms with Gasteiger partial charge in [-0.15, -0.1) is 0 Å². The minimum absolute atomic E-state index is 0.268. The minimum atomic E-state index is -0.268. The molecule has 0 aliphatic carbocycles. The van der Waals surface area contributed by atoms with Gasteiger partial charge in [-0.25, -0.2) is 24.1 Å². The summed E-state index contributed by atoms with van der Waals surface area (Å²) in [6.07, 6.45) is 4.93. The number of halogens is 1. The van der Waals surface area contributed by atoms with E-state index in [4.69, 9.17) is 16.6 Å². The first-order valence-corrected chi connectivity index (χ1v) is 12.6. The van der Waals surface area contributed by atoms with Crippen molar-refractivity contribution in [2.75, 3.05) is 43.4 Å². The first kappa shape index (κ1) is 23.4. The van der Waals surface area contributed by atoms with Gasteiger partial charge in [0.25, 0.3) is 5.56 Å². The molecular weight excluding hydrogens is 488 g/mol. The van der Waals surface area contributed by atoms with Crippen molar-refractivity contribution in [1.29, 1.82) is 0 Å². The number of benzene rings is 2. The third kappa shape index (κ3) is 4.10. The summed E-state index contributed by atoms with van der Waals surface area (Å²) < 4.78 is 3.21. The summed E-state index contributed by atoms with van der Waals surface area (Å²) in [6, 6.07) is 11.8. The third-order valence-corrected chi connectivity index (χ3v) is 7.26. The van der Waals surface area contributed by atoms with Crippen LogP contribution in [0.3, 0.4) is 0 Å². The molecule has 1 aliphatic heterocycles. The van der Waals surface area contributed by atoms with Crippen LogP contribution in [0.25, 0.3) is 22.2 Å². The molecule has 37 heavy (non-hydrogen) atoms. The zero-order valence-electron chi connectivity index (χ0n) is 20.9. The number of piperazine rings is 1. The predicted molar refractivity (Wildman–Crippen MR) is 148 cm³/mol. The van der Waals surface area contributed by atoms with Crippen molar-refractivity contribution in [1.82, 2.24) is 29.0 Å². The molecule has 1 saturated heterocycles. The van der Waals surface area contributed by atoms with Gasteiger partial charge in [0.2, 0.25) is 5.95 Å². The first-order chi connectivity index (χ1) is 17.9. The van der Waals surface area contributed by atoms with Gasteiger partial charge >= 0.3 is 0 Å². The summed E-state index contributed by atoms with van der Waals surface area (Å²) in [4.78, 5) is 32.0. The third-order valence-electron chi connectivity index (χ3n) is 6.96. The van der Waals surface area contributed by atoms with Gasteiger partial charge in [-0.2, -0.15) is 0 Å². The van der Waals surface area contributed by atoms with E-state index in [9.17, 15) is 4.79 Å². The van der Waals surface area contributed by atoms with Crippen molar-refractivity contribution in [3.63, 3.8) is 0 Å². The summed E-state index contributed by atoms with van der Waals surface area (Å²) in [6.45, 7) is 8.19. The summed E-state index contributed by atoms with van der Waals surface area (Å²) in [5.41, 5.74) is 5.54. The molecule has 0 atom stereocenters. The summed E-state index contributed by atoms with van der Waals surface area (Å²) in [5.74, 6) is 0.398. The molecule has 1 aliphatic rings. The lowest BCUT2D eigenvalue weighted by atomic mass is 10.1. The van der Waals surface area contributed by atoms with E-state index in [1.165, 1.54) is 15.9 Å². The van der Waals surface area contributed by atoms with Crippen molar-refractivity contribution in [3.05, 3.63) is 81.5 Å². The Morgan fingerprint density at radius 3 is 2.57 bits per heavy atom. The zero-order valence-corrected chi connectivity index (χ0v) is 21.7. The van der Waals surface area contributed by atoms with Gasteiger partial charge < -0.3 is 15.1 Å². The molecule has 1 N–H and O–H groups in total. The average Bonchev–Trinajstić information content (AvgIpc) is 3.36. The molecule has 1 fully saturated rings. The summed E-state index contributed by atoms with van der Waals surface area (Å²) in [7, 11) is 2.16. The minimum Gasteiger partial charge on any atom is -0.369 e. The quantitative estimate of drug-likeness (QED) is 0.385. The Kier molecular flexibility index (Phi) is 5.81. The van der Waals surface area contributed by atoms with Crippen LogP contribution in [0.5, 0.6) is 0 Å². The maximum absolute atomic E-state index is 13.6. The van der Waals surface area contributed by atoms with Crippen LogP contribution in [0.2, 0.25) is 5.02 Å². The maximum Gasteiger partial charge on any atom is 0.281 e. The van der Waals surface area contributed by atoms with Gasteiger partial charge in [0.05, 0.1) is 16.1 Å². The molecule has 0 saturated carbocycles. The molecule has 0 amide bonds. The van der Waals surface area contributed by atoms with Crippen molar-refractivity contribution in [2.24, 2.45) is 0 Å². The fourth-order valence-corrected chi connectivity index (χ4v) is 5.28. The van der Waals surface area contributed by atoms with E-state index in [0.29, 0.717) is 33.2 Å². The van der Waals surface area contributed by atoms with Gasteiger partial charge in [0, 0.05) is 56.1 Å². The number of nitrogens with one attached hydrogen (secondary N) is 1. The van der Waals surface area contributed by atoms with Crippen LogP contribution in [0.15, 0.2) is 59.8 Å². The number of hydrogen-bond donors (Lipinski definition) is 1. The fourth-order valence-electron chi connectivity index (χ4n) is 4.97. The Morgan fingerprint density at radius 2 is 1.81 bits per heavy atom. The van der Waals surface area contributed by atoms with E-state index in [0.717, 1.165) is 37.4 Å². The lowest BCUT2D eigenvalue weighted by molar-refractivity contribution is 0.312. The Morgan fingerprint density at radius 1 is 1.00 bits per heavy atom. The van der Waals surface area contributed by atoms with Gasteiger partial charge in [0.1, 0.15) is 5.52 Å². The van der Waals surface area contributed by atoms with Crippen molar-refractivity contribution < 1.29 is 0 Å². The number of nitrogens with zero attached hydrogens (tertiary/aromatic N) is 7. The summed E-state index contributed by atoms with van der Waals surface area (Å²) in [5, 5.41) is 4.14. The van der Waals surface area contributed by atoms with E-state index in [-0.39, 0.29) is 5.56 Å². The fraction of sp³-hybridized carbons (Fsp3) is 0.259. The van der Waals surface area contributed by atoms with Crippen LogP contribution < -0.4 is 15.8 Å². The van der Waals surface area contributed by atoms with E-state index >= 15 is 0 Å². The van der Waals surface area contributed by atoms with Crippen LogP contribution in [0.4, 0.5) is 17.3 Å². The Balaban J connectivity index is 1.38. The van der Waals surface area contributed by atoms with Gasteiger partial charge in [-0.3, -0.25) is 4.79 Å². The molecule has 0 spiro atoms. The highest BCUT2D eigenvalue weighted by molar-refractivity contribution is 6.32. The van der Waals surface area contributed by atoms with Crippen LogP contribution in [-0.2, 0) is 0 Å². The molecule has 10 heteroatoms. The second-order valence-corrected chi connectivity index (χ2v) is 9.90. The molecule has 4 heterocycles. The molecule has 0 unspecified atom stereocenters. The first-order valence-electron chi connectivity index (χ1n) is 12.2. The zero-order chi connectivity index (χ0) is 25.7. The van der Waals surface area contributed by atoms with E-state index in [1.54, 1.807) is 29.2 Å². The molecule has 0 radical (unpaired) electrons. The number of aromatic nitrogens is 5. The van der Waals surface area contributed by atoms with Crippen LogP contribution >= 0.6 is 11.6 Å². The van der Waals surface area contributed by atoms with Crippen molar-refractivity contribution in [2.45, 2.75) is 13.8 Å². The van der Waals surface area contributed by atoms with E-state index < -0.39 is 0 Å². The van der Waals surface area contributed by atoms with Crippen molar-refractivity contribution >= 4 is 45.5 Å². The van der Waals surface area contributed by atoms with Gasteiger partial charge in [-0.05, 0) is 56.3 Å². The second-order valence-electron chi connectivity index (χ2n) is 9.49. The lowest BCUT2D eigenvalue weighted by Gasteiger charge is -2.35. The lowest BCUT2D eigenvalue weighted by Crippen LogP contribution is -2.44. The number of para-hydroxylation sites is 1. The number of aryl methyl sites for hydroxylation is 2. The monoisotopic (exact) mass is 514 g/mol. The highest BCUT2D eigenvalue weighted by Gasteiger charge is 2.19. The van der Waals surface area contributed by atoms with E-state index in [1.807, 2.05) is 25.1 Å². The van der Waals surface area contributed by atoms with E-state index in [2.05, 4.69) is 51.2 Å². The molecule has 9 nitrogen and oxygen atoms in total. The molecule has 3 aromatic heterocycles. The average molecular weight is 515 g/mol. The Bertz CT molecular complexity index is 1680. The normalized spacial score (nSPS) is 14.5. The smallest absolute Gasteiger partial charge is 0.281 e. The Labute approximate surface area is 218 Å². The molecule has 2 aromatic carbocycles. The number of rotatable bonds is 4. The van der Waals surface area contributed by atoms with Crippen LogP contribution in [0.1, 0.15) is 11.1 Å². The Hall–Kier alpha value is -3.95. The number of anilines is 3. The molecule has 5 aromatic rings. The van der Waals surface area contributed by atoms with Crippen molar-refractivity contribution in [3.8, 4) is 5.69 Å². The predicted octanol–water partition coefficient (Wildman–Crippen LogP) is 4.19. The highest BCUT2D eigenvalue weighted by atomic mass is 35.5. The van der Waals surface area contributed by atoms with Gasteiger partial charge in [0.15, 0.2) is 5.65 Å². The summed E-state index contributed by atoms with van der Waals surface area (Å²) >= 11 is 6.51. The number of hydrogen-bond acceptors (Lipinski definition) is 7. The molecule has 188 valence electrons. The maximum atomic E-state index is 13.6.